The lowest BCUT2D eigenvalue weighted by molar-refractivity contribution is 0.0697. The molecule has 0 unspecified atom stereocenters. The van der Waals surface area contributed by atoms with Gasteiger partial charge in [0.1, 0.15) is 5.75 Å². The van der Waals surface area contributed by atoms with Gasteiger partial charge in [0.15, 0.2) is 0 Å². The van der Waals surface area contributed by atoms with Crippen LogP contribution in [0.5, 0.6) is 5.75 Å². The summed E-state index contributed by atoms with van der Waals surface area (Å²) in [4.78, 5) is 24.2. The molecular weight excluding hydrogens is 404 g/mol. The molecule has 3 rings (SSSR count). The predicted molar refractivity (Wildman–Crippen MR) is 127 cm³/mol. The Kier molecular flexibility index (Phi) is 5.68. The second kappa shape index (κ2) is 7.86. The number of carbonyl (C=O) groups is 1. The van der Waals surface area contributed by atoms with Gasteiger partial charge >= 0.3 is 5.97 Å². The third-order valence-electron chi connectivity index (χ3n) is 5.44. The monoisotopic (exact) mass is 434 g/mol. The van der Waals surface area contributed by atoms with Gasteiger partial charge in [-0.15, -0.1) is 0 Å². The minimum absolute atomic E-state index is 0.142. The molecule has 32 heavy (non-hydrogen) atoms. The number of aromatic amines is 1. The Morgan fingerprint density at radius 3 is 1.94 bits per heavy atom. The second-order valence-corrected chi connectivity index (χ2v) is 10.1. The van der Waals surface area contributed by atoms with Gasteiger partial charge < -0.3 is 10.2 Å². The molecule has 0 bridgehead atoms. The first-order chi connectivity index (χ1) is 14.7. The van der Waals surface area contributed by atoms with Gasteiger partial charge in [0.05, 0.1) is 21.8 Å². The van der Waals surface area contributed by atoms with Gasteiger partial charge in [0.25, 0.3) is 5.56 Å². The molecular formula is C26H30N2O4. The first-order valence-electron chi connectivity index (χ1n) is 10.4. The topological polar surface area (TPSA) is 95.3 Å². The second-order valence-electron chi connectivity index (χ2n) is 10.1. The van der Waals surface area contributed by atoms with E-state index >= 15 is 0 Å². The summed E-state index contributed by atoms with van der Waals surface area (Å²) in [6.45, 7) is 16.2. The third-order valence-corrected chi connectivity index (χ3v) is 5.44. The molecule has 3 N–H and O–H groups in total. The van der Waals surface area contributed by atoms with Gasteiger partial charge in [-0.05, 0) is 58.9 Å². The fourth-order valence-electron chi connectivity index (χ4n) is 3.63. The van der Waals surface area contributed by atoms with E-state index in [1.54, 1.807) is 18.2 Å². The zero-order valence-electron chi connectivity index (χ0n) is 19.4. The van der Waals surface area contributed by atoms with Crippen molar-refractivity contribution in [3.8, 4) is 11.4 Å². The van der Waals surface area contributed by atoms with Crippen LogP contribution < -0.4 is 16.1 Å². The molecule has 0 radical (unpaired) electrons. The lowest BCUT2D eigenvalue weighted by Gasteiger charge is -2.27. The molecule has 1 aromatic heterocycles. The standard InChI is InChI=1S/C26H30N2O4/c1-15-19(23(30)28(27-15)18-10-8-17(9-11-18)24(31)32)12-16-13-20(25(2,3)4)22(29)21(14-16)26(5,6)7/h8-14,27,29H,1H2,2-7H3,(H,31,32). The van der Waals surface area contributed by atoms with E-state index in [1.165, 1.54) is 16.8 Å². The van der Waals surface area contributed by atoms with E-state index in [9.17, 15) is 14.7 Å². The average molecular weight is 435 g/mol. The fraction of sp³-hybridized carbons (Fsp3) is 0.308. The lowest BCUT2D eigenvalue weighted by atomic mass is 9.78. The summed E-state index contributed by atoms with van der Waals surface area (Å²) < 4.78 is 1.34. The van der Waals surface area contributed by atoms with E-state index < -0.39 is 5.97 Å². The number of nitrogens with one attached hydrogen (secondary N) is 1. The number of hydrogen-bond donors (Lipinski definition) is 3. The van der Waals surface area contributed by atoms with Gasteiger partial charge in [-0.25, -0.2) is 9.48 Å². The fourth-order valence-corrected chi connectivity index (χ4v) is 3.63. The van der Waals surface area contributed by atoms with Crippen molar-refractivity contribution >= 4 is 18.6 Å². The van der Waals surface area contributed by atoms with Crippen molar-refractivity contribution < 1.29 is 15.0 Å². The highest BCUT2D eigenvalue weighted by Gasteiger charge is 2.26. The first-order valence-corrected chi connectivity index (χ1v) is 10.4. The molecule has 6 heteroatoms. The van der Waals surface area contributed by atoms with Crippen molar-refractivity contribution in [2.75, 3.05) is 0 Å². The van der Waals surface area contributed by atoms with Crippen LogP contribution in [0.1, 0.15) is 68.6 Å². The van der Waals surface area contributed by atoms with Gasteiger partial charge in [0, 0.05) is 11.1 Å². The van der Waals surface area contributed by atoms with Crippen LogP contribution in [0.15, 0.2) is 41.2 Å². The SMILES string of the molecule is C=c1[nH]n(-c2ccc(C(=O)O)cc2)c(=O)c1=Cc1cc(C(C)(C)C)c(O)c(C(C)(C)C)c1. The van der Waals surface area contributed by atoms with Crippen LogP contribution in [0.2, 0.25) is 0 Å². The van der Waals surface area contributed by atoms with Gasteiger partial charge in [-0.2, -0.15) is 0 Å². The summed E-state index contributed by atoms with van der Waals surface area (Å²) in [6.07, 6.45) is 1.77. The van der Waals surface area contributed by atoms with E-state index in [1.807, 2.05) is 53.7 Å². The van der Waals surface area contributed by atoms with Crippen molar-refractivity contribution in [2.45, 2.75) is 52.4 Å². The number of phenolic OH excluding ortho intramolecular Hbond substituents is 1. The maximum absolute atomic E-state index is 13.1. The lowest BCUT2D eigenvalue weighted by Crippen LogP contribution is -2.34. The van der Waals surface area contributed by atoms with Crippen LogP contribution in [-0.2, 0) is 10.8 Å². The number of phenols is 1. The molecule has 3 aromatic rings. The zero-order chi connectivity index (χ0) is 24.0. The summed E-state index contributed by atoms with van der Waals surface area (Å²) in [5.41, 5.74) is 2.21. The zero-order valence-corrected chi connectivity index (χ0v) is 19.4. The molecule has 0 fully saturated rings. The Bertz CT molecular complexity index is 1310. The molecule has 0 saturated carbocycles. The average Bonchev–Trinajstić information content (AvgIpc) is 2.95. The largest absolute Gasteiger partial charge is 0.507 e. The van der Waals surface area contributed by atoms with Crippen LogP contribution in [-0.4, -0.2) is 26.0 Å². The Balaban J connectivity index is 2.22. The molecule has 0 spiro atoms. The Hall–Kier alpha value is -3.54. The number of H-pyrrole nitrogens is 1. The molecule has 168 valence electrons. The smallest absolute Gasteiger partial charge is 0.335 e. The molecule has 0 aliphatic heterocycles. The van der Waals surface area contributed by atoms with Crippen molar-refractivity contribution in [1.82, 2.24) is 9.78 Å². The van der Waals surface area contributed by atoms with E-state index in [0.717, 1.165) is 16.7 Å². The van der Waals surface area contributed by atoms with E-state index in [-0.39, 0.29) is 27.7 Å². The Labute approximate surface area is 187 Å². The third kappa shape index (κ3) is 4.40. The van der Waals surface area contributed by atoms with Crippen LogP contribution in [0, 0.1) is 0 Å². The van der Waals surface area contributed by atoms with Gasteiger partial charge in [-0.1, -0.05) is 48.1 Å². The van der Waals surface area contributed by atoms with E-state index in [4.69, 9.17) is 5.11 Å². The molecule has 0 saturated heterocycles. The highest BCUT2D eigenvalue weighted by molar-refractivity contribution is 5.87. The van der Waals surface area contributed by atoms with Crippen molar-refractivity contribution in [2.24, 2.45) is 0 Å². The van der Waals surface area contributed by atoms with Crippen LogP contribution in [0.25, 0.3) is 18.3 Å². The number of aromatic nitrogens is 2. The van der Waals surface area contributed by atoms with Crippen LogP contribution in [0.4, 0.5) is 0 Å². The van der Waals surface area contributed by atoms with E-state index in [0.29, 0.717) is 16.3 Å². The quantitative estimate of drug-likeness (QED) is 0.589. The molecule has 0 amide bonds. The normalized spacial score (nSPS) is 12.9. The number of nitrogens with zero attached hydrogens (tertiary/aromatic N) is 1. The maximum atomic E-state index is 13.1. The van der Waals surface area contributed by atoms with Crippen LogP contribution in [0.3, 0.4) is 0 Å². The number of rotatable bonds is 3. The van der Waals surface area contributed by atoms with Crippen molar-refractivity contribution in [1.29, 1.82) is 0 Å². The molecule has 6 nitrogen and oxygen atoms in total. The summed E-state index contributed by atoms with van der Waals surface area (Å²) in [5, 5.41) is 23.8. The van der Waals surface area contributed by atoms with Crippen molar-refractivity contribution in [3.05, 3.63) is 79.6 Å². The van der Waals surface area contributed by atoms with Crippen molar-refractivity contribution in [3.63, 3.8) is 0 Å². The predicted octanol–water partition coefficient (Wildman–Crippen LogP) is 3.40. The molecule has 0 atom stereocenters. The molecule has 1 heterocycles. The molecule has 2 aromatic carbocycles. The molecule has 0 aliphatic carbocycles. The maximum Gasteiger partial charge on any atom is 0.335 e. The summed E-state index contributed by atoms with van der Waals surface area (Å²) in [6, 6.07) is 9.84. The van der Waals surface area contributed by atoms with Gasteiger partial charge in [0.2, 0.25) is 0 Å². The Morgan fingerprint density at radius 1 is 1.00 bits per heavy atom. The number of hydrogen-bond acceptors (Lipinski definition) is 3. The molecule has 0 aliphatic rings. The number of aromatic carboxylic acids is 1. The highest BCUT2D eigenvalue weighted by Crippen LogP contribution is 2.39. The van der Waals surface area contributed by atoms with Crippen LogP contribution >= 0.6 is 0 Å². The minimum Gasteiger partial charge on any atom is -0.507 e. The number of aromatic hydroxyl groups is 1. The first kappa shape index (κ1) is 23.1. The summed E-state index contributed by atoms with van der Waals surface area (Å²) in [5.74, 6) is -0.749. The number of carboxylic acid groups (broad SMARTS) is 1. The number of benzene rings is 2. The minimum atomic E-state index is -1.03. The van der Waals surface area contributed by atoms with Gasteiger partial charge in [-0.3, -0.25) is 9.89 Å². The highest BCUT2D eigenvalue weighted by atomic mass is 16.4. The summed E-state index contributed by atoms with van der Waals surface area (Å²) >= 11 is 0. The van der Waals surface area contributed by atoms with E-state index in [2.05, 4.69) is 11.7 Å². The Morgan fingerprint density at radius 2 is 1.50 bits per heavy atom. The summed E-state index contributed by atoms with van der Waals surface area (Å²) in [7, 11) is 0. The number of carboxylic acids is 1.